The zero-order chi connectivity index (χ0) is 18.0. The Labute approximate surface area is 164 Å². The van der Waals surface area contributed by atoms with Gasteiger partial charge in [0.2, 0.25) is 0 Å². The van der Waals surface area contributed by atoms with Gasteiger partial charge in [-0.3, -0.25) is 0 Å². The highest BCUT2D eigenvalue weighted by atomic mass is 14.6. The lowest BCUT2D eigenvalue weighted by atomic mass is 9.47. The van der Waals surface area contributed by atoms with Crippen molar-refractivity contribution in [3.8, 4) is 0 Å². The molecule has 0 amide bonds. The number of rotatable bonds is 6. The van der Waals surface area contributed by atoms with E-state index in [0.29, 0.717) is 0 Å². The fraction of sp³-hybridized carbons (Fsp3) is 1.00. The van der Waals surface area contributed by atoms with E-state index >= 15 is 0 Å². The maximum atomic E-state index is 2.40. The lowest BCUT2D eigenvalue weighted by Gasteiger charge is -2.58. The first-order valence-corrected chi connectivity index (χ1v) is 12.7. The van der Waals surface area contributed by atoms with Crippen molar-refractivity contribution < 1.29 is 0 Å². The molecule has 0 saturated heterocycles. The van der Waals surface area contributed by atoms with Crippen LogP contribution in [0.2, 0.25) is 0 Å². The van der Waals surface area contributed by atoms with Gasteiger partial charge >= 0.3 is 0 Å². The fourth-order valence-corrected chi connectivity index (χ4v) is 8.10. The molecule has 0 unspecified atom stereocenters. The number of unbranched alkanes of at least 4 members (excludes halogenated alkanes) is 1. The molecular weight excluding hydrogens is 312 g/mol. The molecule has 2 bridgehead atoms. The van der Waals surface area contributed by atoms with Gasteiger partial charge in [0.15, 0.2) is 0 Å². The Kier molecular flexibility index (Phi) is 6.07. The van der Waals surface area contributed by atoms with E-state index in [1.807, 2.05) is 0 Å². The van der Waals surface area contributed by atoms with Gasteiger partial charge < -0.3 is 0 Å². The molecular formula is C26H46. The van der Waals surface area contributed by atoms with Crippen LogP contribution < -0.4 is 0 Å². The van der Waals surface area contributed by atoms with E-state index in [0.717, 1.165) is 34.5 Å². The maximum absolute atomic E-state index is 2.40. The van der Waals surface area contributed by atoms with Crippen LogP contribution >= 0.6 is 0 Å². The molecule has 26 heavy (non-hydrogen) atoms. The molecule has 5 fully saturated rings. The number of hydrogen-bond acceptors (Lipinski definition) is 0. The first-order valence-electron chi connectivity index (χ1n) is 12.7. The van der Waals surface area contributed by atoms with E-state index in [4.69, 9.17) is 0 Å². The van der Waals surface area contributed by atoms with Gasteiger partial charge in [0.05, 0.1) is 0 Å². The summed E-state index contributed by atoms with van der Waals surface area (Å²) in [7, 11) is 0. The minimum absolute atomic E-state index is 0.798. The first kappa shape index (κ1) is 19.3. The van der Waals surface area contributed by atoms with Gasteiger partial charge in [-0.15, -0.1) is 0 Å². The van der Waals surface area contributed by atoms with Crippen molar-refractivity contribution in [3.05, 3.63) is 0 Å². The van der Waals surface area contributed by atoms with Crippen molar-refractivity contribution in [2.75, 3.05) is 0 Å². The maximum Gasteiger partial charge on any atom is -0.0269 e. The van der Waals surface area contributed by atoms with Gasteiger partial charge in [-0.25, -0.2) is 0 Å². The predicted octanol–water partition coefficient (Wildman–Crippen LogP) is 8.54. The SMILES string of the molecule is CCCCC12CCC(C3CCC(C4CCC(CC)CC4)CC3)(CC1)CC2. The van der Waals surface area contributed by atoms with Crippen LogP contribution in [0.3, 0.4) is 0 Å². The van der Waals surface area contributed by atoms with Crippen molar-refractivity contribution in [2.24, 2.45) is 34.5 Å². The molecule has 0 radical (unpaired) electrons. The highest BCUT2D eigenvalue weighted by Crippen LogP contribution is 2.63. The minimum Gasteiger partial charge on any atom is -0.0654 e. The van der Waals surface area contributed by atoms with Crippen molar-refractivity contribution in [2.45, 2.75) is 129 Å². The Balaban J connectivity index is 1.27. The molecule has 0 aromatic rings. The lowest BCUT2D eigenvalue weighted by Crippen LogP contribution is -2.46. The van der Waals surface area contributed by atoms with Crippen molar-refractivity contribution in [1.29, 1.82) is 0 Å². The Morgan fingerprint density at radius 3 is 1.69 bits per heavy atom. The van der Waals surface area contributed by atoms with Crippen molar-refractivity contribution in [3.63, 3.8) is 0 Å². The summed E-state index contributed by atoms with van der Waals surface area (Å²) < 4.78 is 0. The predicted molar refractivity (Wildman–Crippen MR) is 113 cm³/mol. The molecule has 0 aromatic carbocycles. The topological polar surface area (TPSA) is 0 Å². The molecule has 150 valence electrons. The van der Waals surface area contributed by atoms with Gasteiger partial charge in [-0.2, -0.15) is 0 Å². The Hall–Kier alpha value is 0. The molecule has 0 aromatic heterocycles. The summed E-state index contributed by atoms with van der Waals surface area (Å²) in [6.07, 6.45) is 28.1. The van der Waals surface area contributed by atoms with Crippen LogP contribution in [0.1, 0.15) is 129 Å². The molecule has 5 aliphatic rings. The third kappa shape index (κ3) is 3.77. The summed E-state index contributed by atoms with van der Waals surface area (Å²) in [5, 5.41) is 0. The average molecular weight is 359 g/mol. The summed E-state index contributed by atoms with van der Waals surface area (Å²) in [6, 6.07) is 0. The number of fused-ring (bicyclic) bond motifs is 3. The Bertz CT molecular complexity index is 408. The summed E-state index contributed by atoms with van der Waals surface area (Å²) >= 11 is 0. The van der Waals surface area contributed by atoms with Crippen LogP contribution in [0.4, 0.5) is 0 Å². The van der Waals surface area contributed by atoms with Crippen LogP contribution in [-0.2, 0) is 0 Å². The normalized spacial score (nSPS) is 46.4. The van der Waals surface area contributed by atoms with E-state index in [2.05, 4.69) is 13.8 Å². The molecule has 5 aliphatic carbocycles. The summed E-state index contributed by atoms with van der Waals surface area (Å²) in [5.74, 6) is 4.39. The molecule has 0 aliphatic heterocycles. The third-order valence-electron chi connectivity index (χ3n) is 10.3. The minimum atomic E-state index is 0.798. The monoisotopic (exact) mass is 358 g/mol. The van der Waals surface area contributed by atoms with E-state index in [1.165, 1.54) is 19.3 Å². The largest absolute Gasteiger partial charge is 0.0654 e. The van der Waals surface area contributed by atoms with Gasteiger partial charge in [0.1, 0.15) is 0 Å². The van der Waals surface area contributed by atoms with E-state index < -0.39 is 0 Å². The van der Waals surface area contributed by atoms with E-state index in [-0.39, 0.29) is 0 Å². The zero-order valence-corrected chi connectivity index (χ0v) is 18.0. The summed E-state index contributed by atoms with van der Waals surface area (Å²) in [4.78, 5) is 0. The molecule has 0 nitrogen and oxygen atoms in total. The second-order valence-corrected chi connectivity index (χ2v) is 11.3. The highest BCUT2D eigenvalue weighted by molar-refractivity contribution is 5.02. The van der Waals surface area contributed by atoms with E-state index in [1.54, 1.807) is 96.3 Å². The number of hydrogen-bond donors (Lipinski definition) is 0. The second-order valence-electron chi connectivity index (χ2n) is 11.3. The Morgan fingerprint density at radius 1 is 0.654 bits per heavy atom. The van der Waals surface area contributed by atoms with Crippen LogP contribution in [-0.4, -0.2) is 0 Å². The van der Waals surface area contributed by atoms with E-state index in [9.17, 15) is 0 Å². The van der Waals surface area contributed by atoms with Crippen molar-refractivity contribution >= 4 is 0 Å². The lowest BCUT2D eigenvalue weighted by molar-refractivity contribution is -0.0678. The zero-order valence-electron chi connectivity index (χ0n) is 18.0. The quantitative estimate of drug-likeness (QED) is 0.446. The highest BCUT2D eigenvalue weighted by Gasteiger charge is 2.51. The fourth-order valence-electron chi connectivity index (χ4n) is 8.10. The standard InChI is InChI=1S/C26H46/c1-3-5-14-25-15-18-26(19-16-25,20-17-25)24-12-10-23(11-13-24)22-8-6-21(4-2)7-9-22/h21-24H,3-20H2,1-2H3. The van der Waals surface area contributed by atoms with Crippen LogP contribution in [0, 0.1) is 34.5 Å². The summed E-state index contributed by atoms with van der Waals surface area (Å²) in [6.45, 7) is 4.78. The molecule has 0 N–H and O–H groups in total. The van der Waals surface area contributed by atoms with Crippen LogP contribution in [0.25, 0.3) is 0 Å². The van der Waals surface area contributed by atoms with Crippen LogP contribution in [0.15, 0.2) is 0 Å². The van der Waals surface area contributed by atoms with Gasteiger partial charge in [-0.05, 0) is 118 Å². The second kappa shape index (κ2) is 8.16. The summed E-state index contributed by atoms with van der Waals surface area (Å²) in [5.41, 5.74) is 1.60. The van der Waals surface area contributed by atoms with Crippen LogP contribution in [0.5, 0.6) is 0 Å². The Morgan fingerprint density at radius 2 is 1.19 bits per heavy atom. The smallest absolute Gasteiger partial charge is 0.0269 e. The molecule has 0 heteroatoms. The van der Waals surface area contributed by atoms with Gasteiger partial charge in [0, 0.05) is 0 Å². The third-order valence-corrected chi connectivity index (χ3v) is 10.3. The molecule has 0 spiro atoms. The van der Waals surface area contributed by atoms with Gasteiger partial charge in [0.25, 0.3) is 0 Å². The molecule has 0 heterocycles. The van der Waals surface area contributed by atoms with Crippen molar-refractivity contribution in [1.82, 2.24) is 0 Å². The van der Waals surface area contributed by atoms with Gasteiger partial charge in [-0.1, -0.05) is 46.0 Å². The molecule has 0 atom stereocenters. The molecule has 5 saturated carbocycles. The molecule has 5 rings (SSSR count). The first-order chi connectivity index (χ1) is 12.7. The average Bonchev–Trinajstić information content (AvgIpc) is 2.74.